The zero-order chi connectivity index (χ0) is 31.5. The maximum Gasteiger partial charge on any atom is 0.350 e. The number of hydrogen-bond acceptors (Lipinski definition) is 10. The van der Waals surface area contributed by atoms with E-state index < -0.39 is 23.7 Å². The van der Waals surface area contributed by atoms with Crippen LogP contribution >= 0.6 is 11.3 Å². The van der Waals surface area contributed by atoms with Gasteiger partial charge >= 0.3 is 11.9 Å². The van der Waals surface area contributed by atoms with Gasteiger partial charge in [-0.05, 0) is 75.6 Å². The van der Waals surface area contributed by atoms with Crippen LogP contribution < -0.4 is 19.1 Å². The second-order valence-corrected chi connectivity index (χ2v) is 11.6. The quantitative estimate of drug-likeness (QED) is 0.0883. The average Bonchev–Trinajstić information content (AvgIpc) is 3.65. The van der Waals surface area contributed by atoms with Gasteiger partial charge in [0, 0.05) is 12.0 Å². The van der Waals surface area contributed by atoms with Gasteiger partial charge < -0.3 is 24.1 Å². The van der Waals surface area contributed by atoms with E-state index in [2.05, 4.69) is 11.9 Å². The van der Waals surface area contributed by atoms with Crippen molar-refractivity contribution in [3.05, 3.63) is 69.2 Å². The van der Waals surface area contributed by atoms with Gasteiger partial charge in [-0.1, -0.05) is 30.7 Å². The number of aryl methyl sites for hydroxylation is 1. The maximum atomic E-state index is 13.7. The number of carbonyl (C=O) groups is 3. The monoisotopic (exact) mass is 620 g/mol. The molecule has 5 rings (SSSR count). The van der Waals surface area contributed by atoms with Crippen molar-refractivity contribution in [2.24, 2.45) is 0 Å². The SMILES string of the molecule is CCCCOc1ccc([C@@H]2/C(=C(\O)c3ccc4c(c3)C[C@H](C)O4)C(=O)C(=O)N2c2nc(C)c(C(=O)OCC)s2)cc1OCC. The molecule has 0 radical (unpaired) electrons. The molecule has 3 aromatic rings. The highest BCUT2D eigenvalue weighted by Gasteiger charge is 2.49. The van der Waals surface area contributed by atoms with Gasteiger partial charge in [0.1, 0.15) is 22.5 Å². The number of nitrogens with zero attached hydrogens (tertiary/aromatic N) is 2. The number of hydrogen-bond donors (Lipinski definition) is 1. The van der Waals surface area contributed by atoms with E-state index in [4.69, 9.17) is 18.9 Å². The second kappa shape index (κ2) is 13.1. The van der Waals surface area contributed by atoms with Crippen LogP contribution in [0.5, 0.6) is 17.2 Å². The summed E-state index contributed by atoms with van der Waals surface area (Å²) >= 11 is 0.957. The molecule has 2 aliphatic rings. The highest BCUT2D eigenvalue weighted by Crippen LogP contribution is 2.46. The molecule has 1 N–H and O–H groups in total. The first kappa shape index (κ1) is 31.1. The van der Waals surface area contributed by atoms with Gasteiger partial charge in [0.25, 0.3) is 5.78 Å². The lowest BCUT2D eigenvalue weighted by atomic mass is 9.94. The summed E-state index contributed by atoms with van der Waals surface area (Å²) in [5.41, 5.74) is 2.05. The number of fused-ring (bicyclic) bond motifs is 1. The Hall–Kier alpha value is -4.38. The van der Waals surface area contributed by atoms with Gasteiger partial charge in [-0.25, -0.2) is 9.78 Å². The molecule has 0 saturated carbocycles. The minimum absolute atomic E-state index is 0.00948. The fraction of sp³-hybridized carbons (Fsp3) is 0.394. The third kappa shape index (κ3) is 5.88. The lowest BCUT2D eigenvalue weighted by molar-refractivity contribution is -0.132. The van der Waals surface area contributed by atoms with Gasteiger partial charge in [-0.2, -0.15) is 0 Å². The third-order valence-corrected chi connectivity index (χ3v) is 8.54. The molecule has 0 unspecified atom stereocenters. The molecular formula is C33H36N2O8S. The maximum absolute atomic E-state index is 13.7. The molecule has 1 amide bonds. The van der Waals surface area contributed by atoms with Crippen LogP contribution in [0.15, 0.2) is 42.0 Å². The smallest absolute Gasteiger partial charge is 0.350 e. The third-order valence-electron chi connectivity index (χ3n) is 7.40. The number of aliphatic hydroxyl groups is 1. The van der Waals surface area contributed by atoms with Crippen LogP contribution in [0.25, 0.3) is 5.76 Å². The number of ketones is 1. The first-order valence-corrected chi connectivity index (χ1v) is 15.6. The second-order valence-electron chi connectivity index (χ2n) is 10.6. The summed E-state index contributed by atoms with van der Waals surface area (Å²) in [6, 6.07) is 9.33. The normalized spacial score (nSPS) is 18.7. The van der Waals surface area contributed by atoms with Gasteiger partial charge in [0.15, 0.2) is 16.6 Å². The van der Waals surface area contributed by atoms with Crippen LogP contribution in [0.3, 0.4) is 0 Å². The Bertz CT molecular complexity index is 1630. The summed E-state index contributed by atoms with van der Waals surface area (Å²) in [5, 5.41) is 11.8. The van der Waals surface area contributed by atoms with Crippen molar-refractivity contribution in [3.63, 3.8) is 0 Å². The van der Waals surface area contributed by atoms with Gasteiger partial charge in [0.05, 0.1) is 37.1 Å². The molecule has 2 aromatic carbocycles. The Kier molecular flexibility index (Phi) is 9.24. The van der Waals surface area contributed by atoms with E-state index in [-0.39, 0.29) is 34.1 Å². The largest absolute Gasteiger partial charge is 0.507 e. The number of esters is 1. The van der Waals surface area contributed by atoms with Crippen molar-refractivity contribution >= 4 is 39.9 Å². The summed E-state index contributed by atoms with van der Waals surface area (Å²) in [7, 11) is 0. The van der Waals surface area contributed by atoms with Crippen molar-refractivity contribution in [1.82, 2.24) is 4.98 Å². The minimum atomic E-state index is -1.07. The molecule has 44 heavy (non-hydrogen) atoms. The van der Waals surface area contributed by atoms with Crippen LogP contribution in [0, 0.1) is 6.92 Å². The van der Waals surface area contributed by atoms with E-state index in [1.165, 1.54) is 4.90 Å². The molecule has 0 bridgehead atoms. The molecule has 0 aliphatic carbocycles. The van der Waals surface area contributed by atoms with E-state index in [0.29, 0.717) is 48.0 Å². The topological polar surface area (TPSA) is 124 Å². The lowest BCUT2D eigenvalue weighted by Crippen LogP contribution is -2.29. The van der Waals surface area contributed by atoms with E-state index in [9.17, 15) is 19.5 Å². The zero-order valence-corrected chi connectivity index (χ0v) is 26.3. The summed E-state index contributed by atoms with van der Waals surface area (Å²) in [6.07, 6.45) is 2.47. The predicted molar refractivity (Wildman–Crippen MR) is 166 cm³/mol. The number of aliphatic hydroxyl groups excluding tert-OH is 1. The van der Waals surface area contributed by atoms with E-state index in [0.717, 1.165) is 35.5 Å². The Morgan fingerprint density at radius 2 is 1.89 bits per heavy atom. The number of aromatic nitrogens is 1. The number of unbranched alkanes of at least 4 members (excludes halogenated alkanes) is 1. The molecule has 1 saturated heterocycles. The van der Waals surface area contributed by atoms with Crippen molar-refractivity contribution in [2.45, 2.75) is 66.0 Å². The number of carbonyl (C=O) groups excluding carboxylic acids is 3. The number of amides is 1. The highest BCUT2D eigenvalue weighted by molar-refractivity contribution is 7.17. The molecule has 2 aliphatic heterocycles. The van der Waals surface area contributed by atoms with E-state index in [1.54, 1.807) is 50.2 Å². The molecule has 0 spiro atoms. The fourth-order valence-corrected chi connectivity index (χ4v) is 6.34. The molecule has 232 valence electrons. The van der Waals surface area contributed by atoms with E-state index >= 15 is 0 Å². The fourth-order valence-electron chi connectivity index (χ4n) is 5.35. The van der Waals surface area contributed by atoms with Crippen molar-refractivity contribution in [2.75, 3.05) is 24.7 Å². The van der Waals surface area contributed by atoms with Crippen molar-refractivity contribution < 1.29 is 38.4 Å². The zero-order valence-electron chi connectivity index (χ0n) is 25.5. The summed E-state index contributed by atoms with van der Waals surface area (Å²) in [4.78, 5) is 46.1. The average molecular weight is 621 g/mol. The predicted octanol–water partition coefficient (Wildman–Crippen LogP) is 6.16. The van der Waals surface area contributed by atoms with Crippen LogP contribution in [-0.4, -0.2) is 53.7 Å². The van der Waals surface area contributed by atoms with E-state index in [1.807, 2.05) is 13.8 Å². The molecule has 11 heteroatoms. The van der Waals surface area contributed by atoms with Crippen LogP contribution in [0.1, 0.15) is 78.6 Å². The molecular weight excluding hydrogens is 584 g/mol. The van der Waals surface area contributed by atoms with Crippen LogP contribution in [-0.2, 0) is 20.7 Å². The Morgan fingerprint density at radius 3 is 2.61 bits per heavy atom. The number of anilines is 1. The number of ether oxygens (including phenoxy) is 4. The van der Waals surface area contributed by atoms with Crippen LogP contribution in [0.4, 0.5) is 5.13 Å². The highest BCUT2D eigenvalue weighted by atomic mass is 32.1. The van der Waals surface area contributed by atoms with Crippen LogP contribution in [0.2, 0.25) is 0 Å². The molecule has 1 aromatic heterocycles. The Labute approximate surface area is 260 Å². The minimum Gasteiger partial charge on any atom is -0.507 e. The lowest BCUT2D eigenvalue weighted by Gasteiger charge is -2.24. The first-order chi connectivity index (χ1) is 21.2. The summed E-state index contributed by atoms with van der Waals surface area (Å²) < 4.78 is 22.8. The first-order valence-electron chi connectivity index (χ1n) is 14.8. The Morgan fingerprint density at radius 1 is 1.09 bits per heavy atom. The van der Waals surface area contributed by atoms with Gasteiger partial charge in [-0.15, -0.1) is 0 Å². The van der Waals surface area contributed by atoms with Crippen molar-refractivity contribution in [3.8, 4) is 17.2 Å². The standard InChI is InChI=1S/C33H36N2O8S/c1-6-9-14-42-24-13-10-20(17-25(24)40-7-2)27-26(28(36)21-11-12-23-22(16-21)15-18(4)43-23)29(37)31(38)35(27)33-34-19(5)30(44-33)32(39)41-8-3/h10-13,16-18,27,36H,6-9,14-15H2,1-5H3/b28-26+/t18-,27+/m0/s1. The molecule has 1 fully saturated rings. The molecule has 2 atom stereocenters. The summed E-state index contributed by atoms with van der Waals surface area (Å²) in [6.45, 7) is 10.3. The van der Waals surface area contributed by atoms with Gasteiger partial charge in [0.2, 0.25) is 0 Å². The van der Waals surface area contributed by atoms with Gasteiger partial charge in [-0.3, -0.25) is 14.5 Å². The number of rotatable bonds is 11. The molecule has 3 heterocycles. The Balaban J connectivity index is 1.67. The number of thiazole rings is 1. The molecule has 10 nitrogen and oxygen atoms in total. The summed E-state index contributed by atoms with van der Waals surface area (Å²) in [5.74, 6) is -0.941. The number of benzene rings is 2. The number of Topliss-reactive ketones (excluding diaryl/α,β-unsaturated/α-hetero) is 1. The van der Waals surface area contributed by atoms with Crippen molar-refractivity contribution in [1.29, 1.82) is 0 Å².